The Bertz CT molecular complexity index is 693. The largest absolute Gasteiger partial charge is 0.493 e. The lowest BCUT2D eigenvalue weighted by Crippen LogP contribution is -2.38. The van der Waals surface area contributed by atoms with E-state index in [2.05, 4.69) is 35.2 Å². The Kier molecular flexibility index (Phi) is 4.52. The van der Waals surface area contributed by atoms with Crippen LogP contribution in [0, 0.1) is 0 Å². The van der Waals surface area contributed by atoms with Crippen molar-refractivity contribution in [3.8, 4) is 16.9 Å². The molecule has 2 heterocycles. The lowest BCUT2D eigenvalue weighted by Gasteiger charge is -2.28. The molecular weight excluding hydrogens is 302 g/mol. The average molecular weight is 325 g/mol. The average Bonchev–Trinajstić information content (AvgIpc) is 3.10. The Balaban J connectivity index is 1.46. The van der Waals surface area contributed by atoms with Crippen molar-refractivity contribution in [2.45, 2.75) is 12.5 Å². The van der Waals surface area contributed by atoms with Gasteiger partial charge in [0.25, 0.3) is 0 Å². The molecule has 4 heteroatoms. The van der Waals surface area contributed by atoms with Crippen molar-refractivity contribution in [1.82, 2.24) is 4.90 Å². The van der Waals surface area contributed by atoms with E-state index in [9.17, 15) is 5.11 Å². The van der Waals surface area contributed by atoms with Gasteiger partial charge in [-0.05, 0) is 34.4 Å². The molecule has 0 amide bonds. The van der Waals surface area contributed by atoms with E-state index in [1.165, 1.54) is 16.7 Å². The van der Waals surface area contributed by atoms with E-state index in [1.807, 2.05) is 12.1 Å². The van der Waals surface area contributed by atoms with E-state index in [0.717, 1.165) is 50.6 Å². The molecule has 4 nitrogen and oxygen atoms in total. The molecule has 0 aromatic heterocycles. The van der Waals surface area contributed by atoms with Crippen LogP contribution in [0.4, 0.5) is 0 Å². The maximum absolute atomic E-state index is 10.5. The van der Waals surface area contributed by atoms with E-state index in [1.54, 1.807) is 0 Å². The van der Waals surface area contributed by atoms with Gasteiger partial charge in [0.1, 0.15) is 5.75 Å². The second-order valence-corrected chi connectivity index (χ2v) is 6.47. The lowest BCUT2D eigenvalue weighted by atomic mass is 9.99. The number of morpholine rings is 1. The van der Waals surface area contributed by atoms with Gasteiger partial charge in [-0.2, -0.15) is 0 Å². The number of hydrogen-bond acceptors (Lipinski definition) is 4. The number of β-amino-alcohol motifs (C(OH)–C–C–N with tert-alkyl or cyclic N) is 1. The number of aliphatic hydroxyl groups is 1. The van der Waals surface area contributed by atoms with Crippen molar-refractivity contribution in [2.24, 2.45) is 0 Å². The molecule has 2 aliphatic heterocycles. The molecule has 2 aromatic carbocycles. The fourth-order valence-electron chi connectivity index (χ4n) is 3.40. The zero-order valence-electron chi connectivity index (χ0n) is 13.8. The fourth-order valence-corrected chi connectivity index (χ4v) is 3.40. The number of nitrogens with zero attached hydrogens (tertiary/aromatic N) is 1. The third kappa shape index (κ3) is 3.31. The van der Waals surface area contributed by atoms with Crippen LogP contribution in [0.1, 0.15) is 17.2 Å². The van der Waals surface area contributed by atoms with Crippen LogP contribution in [-0.4, -0.2) is 49.5 Å². The van der Waals surface area contributed by atoms with Gasteiger partial charge in [-0.3, -0.25) is 4.90 Å². The minimum Gasteiger partial charge on any atom is -0.493 e. The summed E-state index contributed by atoms with van der Waals surface area (Å²) in [6.45, 7) is 4.75. The lowest BCUT2D eigenvalue weighted by molar-refractivity contribution is 0.0143. The highest BCUT2D eigenvalue weighted by Gasteiger charge is 2.17. The third-order valence-corrected chi connectivity index (χ3v) is 4.85. The van der Waals surface area contributed by atoms with E-state index in [0.29, 0.717) is 6.54 Å². The second kappa shape index (κ2) is 6.93. The molecule has 2 aliphatic rings. The first kappa shape index (κ1) is 15.6. The first-order chi connectivity index (χ1) is 11.8. The number of benzene rings is 2. The summed E-state index contributed by atoms with van der Waals surface area (Å²) in [4.78, 5) is 2.25. The van der Waals surface area contributed by atoms with Gasteiger partial charge < -0.3 is 14.6 Å². The van der Waals surface area contributed by atoms with Crippen molar-refractivity contribution in [3.63, 3.8) is 0 Å². The van der Waals surface area contributed by atoms with Gasteiger partial charge in [-0.15, -0.1) is 0 Å². The van der Waals surface area contributed by atoms with Crippen LogP contribution in [0.3, 0.4) is 0 Å². The van der Waals surface area contributed by atoms with Crippen LogP contribution in [-0.2, 0) is 11.2 Å². The van der Waals surface area contributed by atoms with E-state index in [-0.39, 0.29) is 0 Å². The summed E-state index contributed by atoms with van der Waals surface area (Å²) in [5.74, 6) is 1.01. The summed E-state index contributed by atoms with van der Waals surface area (Å²) in [7, 11) is 0. The number of fused-ring (bicyclic) bond motifs is 1. The van der Waals surface area contributed by atoms with Crippen molar-refractivity contribution >= 4 is 0 Å². The Morgan fingerprint density at radius 2 is 1.71 bits per heavy atom. The van der Waals surface area contributed by atoms with Crippen LogP contribution in [0.5, 0.6) is 5.75 Å². The highest BCUT2D eigenvalue weighted by atomic mass is 16.5. The molecule has 1 unspecified atom stereocenters. The predicted molar refractivity (Wildman–Crippen MR) is 93.3 cm³/mol. The van der Waals surface area contributed by atoms with Crippen molar-refractivity contribution < 1.29 is 14.6 Å². The molecule has 0 saturated carbocycles. The van der Waals surface area contributed by atoms with Gasteiger partial charge in [0.05, 0.1) is 25.9 Å². The highest BCUT2D eigenvalue weighted by molar-refractivity contribution is 5.66. The number of hydrogen-bond donors (Lipinski definition) is 1. The maximum atomic E-state index is 10.5. The summed E-state index contributed by atoms with van der Waals surface area (Å²) in [6, 6.07) is 14.6. The molecule has 1 atom stereocenters. The van der Waals surface area contributed by atoms with Crippen molar-refractivity contribution in [2.75, 3.05) is 39.5 Å². The van der Waals surface area contributed by atoms with E-state index >= 15 is 0 Å². The molecule has 0 spiro atoms. The smallest absolute Gasteiger partial charge is 0.122 e. The van der Waals surface area contributed by atoms with Gasteiger partial charge in [0, 0.05) is 26.1 Å². The molecule has 126 valence electrons. The summed E-state index contributed by atoms with van der Waals surface area (Å²) in [5, 5.41) is 10.5. The van der Waals surface area contributed by atoms with Gasteiger partial charge in [0.15, 0.2) is 0 Å². The molecular formula is C20H23NO3. The van der Waals surface area contributed by atoms with Gasteiger partial charge in [-0.1, -0.05) is 30.3 Å². The van der Waals surface area contributed by atoms with Gasteiger partial charge in [-0.25, -0.2) is 0 Å². The summed E-state index contributed by atoms with van der Waals surface area (Å²) < 4.78 is 10.9. The van der Waals surface area contributed by atoms with Crippen molar-refractivity contribution in [1.29, 1.82) is 0 Å². The number of rotatable bonds is 4. The van der Waals surface area contributed by atoms with Crippen LogP contribution in [0.15, 0.2) is 42.5 Å². The quantitative estimate of drug-likeness (QED) is 0.938. The number of ether oxygens (including phenoxy) is 2. The zero-order chi connectivity index (χ0) is 16.4. The first-order valence-corrected chi connectivity index (χ1v) is 8.64. The minimum absolute atomic E-state index is 0.453. The van der Waals surface area contributed by atoms with Crippen LogP contribution < -0.4 is 4.74 Å². The molecule has 24 heavy (non-hydrogen) atoms. The fraction of sp³-hybridized carbons (Fsp3) is 0.400. The van der Waals surface area contributed by atoms with Crippen LogP contribution in [0.2, 0.25) is 0 Å². The highest BCUT2D eigenvalue weighted by Crippen LogP contribution is 2.31. The normalized spacial score (nSPS) is 18.9. The summed E-state index contributed by atoms with van der Waals surface area (Å²) in [6.07, 6.45) is 0.532. The van der Waals surface area contributed by atoms with Gasteiger partial charge in [0.2, 0.25) is 0 Å². The number of aliphatic hydroxyl groups excluding tert-OH is 1. The van der Waals surface area contributed by atoms with Crippen LogP contribution in [0.25, 0.3) is 11.1 Å². The summed E-state index contributed by atoms with van der Waals surface area (Å²) >= 11 is 0. The standard InChI is InChI=1S/C20H23NO3/c22-19(14-21-8-11-23-12-9-21)16-3-1-15(2-4-16)17-5-6-20-18(13-17)7-10-24-20/h1-6,13,19,22H,7-12,14H2. The van der Waals surface area contributed by atoms with Crippen LogP contribution >= 0.6 is 0 Å². The molecule has 4 rings (SSSR count). The zero-order valence-corrected chi connectivity index (χ0v) is 13.8. The third-order valence-electron chi connectivity index (χ3n) is 4.85. The minimum atomic E-state index is -0.453. The SMILES string of the molecule is OC(CN1CCOCC1)c1ccc(-c2ccc3c(c2)CCO3)cc1. The maximum Gasteiger partial charge on any atom is 0.122 e. The summed E-state index contributed by atoms with van der Waals surface area (Å²) in [5.41, 5.74) is 4.62. The molecule has 2 aromatic rings. The first-order valence-electron chi connectivity index (χ1n) is 8.64. The predicted octanol–water partition coefficient (Wildman–Crippen LogP) is 2.65. The monoisotopic (exact) mass is 325 g/mol. The Morgan fingerprint density at radius 1 is 0.958 bits per heavy atom. The molecule has 0 radical (unpaired) electrons. The molecule has 0 aliphatic carbocycles. The van der Waals surface area contributed by atoms with Gasteiger partial charge >= 0.3 is 0 Å². The Hall–Kier alpha value is -1.88. The topological polar surface area (TPSA) is 41.9 Å². The second-order valence-electron chi connectivity index (χ2n) is 6.47. The van der Waals surface area contributed by atoms with E-state index < -0.39 is 6.10 Å². The Labute approximate surface area is 142 Å². The molecule has 1 saturated heterocycles. The molecule has 0 bridgehead atoms. The molecule has 1 fully saturated rings. The Morgan fingerprint density at radius 3 is 2.50 bits per heavy atom. The molecule has 1 N–H and O–H groups in total. The van der Waals surface area contributed by atoms with E-state index in [4.69, 9.17) is 9.47 Å². The van der Waals surface area contributed by atoms with Crippen molar-refractivity contribution in [3.05, 3.63) is 53.6 Å².